The summed E-state index contributed by atoms with van der Waals surface area (Å²) in [7, 11) is -3.38. The van der Waals surface area contributed by atoms with Crippen LogP contribution in [-0.4, -0.2) is 62.3 Å². The lowest BCUT2D eigenvalue weighted by Crippen LogP contribution is -2.54. The van der Waals surface area contributed by atoms with Crippen molar-refractivity contribution in [3.05, 3.63) is 0 Å². The fourth-order valence-corrected chi connectivity index (χ4v) is 4.71. The molecule has 2 aliphatic rings. The summed E-state index contributed by atoms with van der Waals surface area (Å²) in [4.78, 5) is 0. The van der Waals surface area contributed by atoms with Crippen molar-refractivity contribution < 1.29 is 8.42 Å². The minimum absolute atomic E-state index is 0.0983. The van der Waals surface area contributed by atoms with Crippen molar-refractivity contribution >= 4 is 10.2 Å². The molecule has 2 fully saturated rings. The van der Waals surface area contributed by atoms with E-state index >= 15 is 0 Å². The molecule has 0 aromatic carbocycles. The summed E-state index contributed by atoms with van der Waals surface area (Å²) in [6, 6.07) is 0.0983. The van der Waals surface area contributed by atoms with Gasteiger partial charge in [0.25, 0.3) is 10.2 Å². The summed E-state index contributed by atoms with van der Waals surface area (Å²) in [5.74, 6) is 0.559. The highest BCUT2D eigenvalue weighted by atomic mass is 32.2. The molecule has 1 heterocycles. The van der Waals surface area contributed by atoms with Gasteiger partial charge >= 0.3 is 0 Å². The Morgan fingerprint density at radius 2 is 2.05 bits per heavy atom. The molecule has 1 saturated carbocycles. The molecule has 118 valence electrons. The predicted molar refractivity (Wildman–Crippen MR) is 80.5 cm³/mol. The minimum Gasteiger partial charge on any atom is -0.329 e. The van der Waals surface area contributed by atoms with E-state index in [2.05, 4.69) is 5.32 Å². The molecule has 1 atom stereocenters. The monoisotopic (exact) mass is 304 g/mol. The standard InChI is InChI=1S/C13H28N4O2S/c1-2-16(9-7-14)20(18,19)17(11-12-5-6-12)13-4-3-8-15-10-13/h12-13,15H,2-11,14H2,1H3. The molecule has 7 heteroatoms. The first-order chi connectivity index (χ1) is 9.59. The van der Waals surface area contributed by atoms with Gasteiger partial charge in [-0.15, -0.1) is 0 Å². The van der Waals surface area contributed by atoms with E-state index in [-0.39, 0.29) is 6.04 Å². The summed E-state index contributed by atoms with van der Waals surface area (Å²) in [5, 5.41) is 3.32. The van der Waals surface area contributed by atoms with Crippen LogP contribution >= 0.6 is 0 Å². The number of nitrogens with one attached hydrogen (secondary N) is 1. The highest BCUT2D eigenvalue weighted by molar-refractivity contribution is 7.86. The van der Waals surface area contributed by atoms with Crippen LogP contribution in [0.2, 0.25) is 0 Å². The molecule has 0 aromatic rings. The molecule has 0 amide bonds. The fourth-order valence-electron chi connectivity index (χ4n) is 2.79. The summed E-state index contributed by atoms with van der Waals surface area (Å²) in [6.45, 7) is 5.58. The van der Waals surface area contributed by atoms with Crippen molar-refractivity contribution in [1.29, 1.82) is 0 Å². The van der Waals surface area contributed by atoms with Gasteiger partial charge in [0, 0.05) is 38.8 Å². The Morgan fingerprint density at radius 1 is 1.30 bits per heavy atom. The third-order valence-electron chi connectivity index (χ3n) is 4.17. The molecular formula is C13H28N4O2S. The first-order valence-corrected chi connectivity index (χ1v) is 9.17. The van der Waals surface area contributed by atoms with Gasteiger partial charge in [-0.1, -0.05) is 6.92 Å². The van der Waals surface area contributed by atoms with Gasteiger partial charge in [0.2, 0.25) is 0 Å². The van der Waals surface area contributed by atoms with Crippen molar-refractivity contribution in [1.82, 2.24) is 13.9 Å². The lowest BCUT2D eigenvalue weighted by atomic mass is 10.1. The number of likely N-dealkylation sites (N-methyl/N-ethyl adjacent to an activating group) is 1. The molecule has 0 spiro atoms. The van der Waals surface area contributed by atoms with Gasteiger partial charge < -0.3 is 11.1 Å². The van der Waals surface area contributed by atoms with Crippen LogP contribution in [0.5, 0.6) is 0 Å². The highest BCUT2D eigenvalue weighted by Gasteiger charge is 2.38. The Bertz CT molecular complexity index is 391. The van der Waals surface area contributed by atoms with Crippen LogP contribution in [0.15, 0.2) is 0 Å². The second-order valence-electron chi connectivity index (χ2n) is 5.80. The van der Waals surface area contributed by atoms with Gasteiger partial charge in [0.15, 0.2) is 0 Å². The molecule has 3 N–H and O–H groups in total. The van der Waals surface area contributed by atoms with Crippen molar-refractivity contribution in [3.8, 4) is 0 Å². The average molecular weight is 304 g/mol. The van der Waals surface area contributed by atoms with E-state index in [0.717, 1.165) is 38.8 Å². The largest absolute Gasteiger partial charge is 0.329 e. The molecule has 1 unspecified atom stereocenters. The third-order valence-corrected chi connectivity index (χ3v) is 6.30. The molecule has 0 aromatic heterocycles. The van der Waals surface area contributed by atoms with Crippen LogP contribution in [0.25, 0.3) is 0 Å². The number of rotatable bonds is 8. The Morgan fingerprint density at radius 3 is 2.55 bits per heavy atom. The lowest BCUT2D eigenvalue weighted by Gasteiger charge is -2.37. The van der Waals surface area contributed by atoms with Crippen LogP contribution in [-0.2, 0) is 10.2 Å². The molecule has 1 aliphatic heterocycles. The number of hydrogen-bond acceptors (Lipinski definition) is 4. The molecule has 20 heavy (non-hydrogen) atoms. The van der Waals surface area contributed by atoms with E-state index in [1.54, 1.807) is 4.31 Å². The molecule has 0 bridgehead atoms. The second kappa shape index (κ2) is 7.17. The van der Waals surface area contributed by atoms with E-state index in [1.807, 2.05) is 6.92 Å². The first-order valence-electron chi connectivity index (χ1n) is 7.77. The summed E-state index contributed by atoms with van der Waals surface area (Å²) in [6.07, 6.45) is 4.33. The van der Waals surface area contributed by atoms with E-state index in [4.69, 9.17) is 5.73 Å². The summed E-state index contributed by atoms with van der Waals surface area (Å²) in [5.41, 5.74) is 5.56. The lowest BCUT2D eigenvalue weighted by molar-refractivity contribution is 0.239. The van der Waals surface area contributed by atoms with Crippen LogP contribution in [0.3, 0.4) is 0 Å². The minimum atomic E-state index is -3.38. The van der Waals surface area contributed by atoms with Gasteiger partial charge in [-0.05, 0) is 38.1 Å². The molecule has 6 nitrogen and oxygen atoms in total. The summed E-state index contributed by atoms with van der Waals surface area (Å²) < 4.78 is 29.0. The van der Waals surface area contributed by atoms with Crippen LogP contribution < -0.4 is 11.1 Å². The summed E-state index contributed by atoms with van der Waals surface area (Å²) >= 11 is 0. The Hall–Kier alpha value is -0.210. The zero-order valence-electron chi connectivity index (χ0n) is 12.4. The SMILES string of the molecule is CCN(CCN)S(=O)(=O)N(CC1CC1)C1CCCNC1. The molecular weight excluding hydrogens is 276 g/mol. The number of hydrogen-bond donors (Lipinski definition) is 2. The quantitative estimate of drug-likeness (QED) is 0.660. The number of nitrogens with zero attached hydrogens (tertiary/aromatic N) is 2. The molecule has 2 rings (SSSR count). The smallest absolute Gasteiger partial charge is 0.282 e. The Labute approximate surface area is 122 Å². The number of nitrogens with two attached hydrogens (primary N) is 1. The second-order valence-corrected chi connectivity index (χ2v) is 7.68. The maximum Gasteiger partial charge on any atom is 0.282 e. The fraction of sp³-hybridized carbons (Fsp3) is 1.00. The van der Waals surface area contributed by atoms with Crippen molar-refractivity contribution in [2.75, 3.05) is 39.3 Å². The van der Waals surface area contributed by atoms with Crippen molar-refractivity contribution in [2.45, 2.75) is 38.6 Å². The van der Waals surface area contributed by atoms with Gasteiger partial charge in [-0.25, -0.2) is 0 Å². The first kappa shape index (κ1) is 16.2. The third kappa shape index (κ3) is 3.92. The average Bonchev–Trinajstić information content (AvgIpc) is 3.26. The van der Waals surface area contributed by atoms with Crippen LogP contribution in [0, 0.1) is 5.92 Å². The van der Waals surface area contributed by atoms with Crippen molar-refractivity contribution in [2.24, 2.45) is 11.7 Å². The number of piperidine rings is 1. The van der Waals surface area contributed by atoms with E-state index in [9.17, 15) is 8.42 Å². The van der Waals surface area contributed by atoms with Crippen LogP contribution in [0.1, 0.15) is 32.6 Å². The zero-order chi connectivity index (χ0) is 14.6. The Kier molecular flexibility index (Phi) is 5.80. The van der Waals surface area contributed by atoms with Gasteiger partial charge in [0.1, 0.15) is 0 Å². The van der Waals surface area contributed by atoms with E-state index in [0.29, 0.717) is 32.1 Å². The maximum absolute atomic E-state index is 12.9. The Balaban J connectivity index is 2.14. The molecule has 1 saturated heterocycles. The van der Waals surface area contributed by atoms with Gasteiger partial charge in [-0.3, -0.25) is 0 Å². The van der Waals surface area contributed by atoms with Gasteiger partial charge in [-0.2, -0.15) is 17.0 Å². The molecule has 1 aliphatic carbocycles. The van der Waals surface area contributed by atoms with E-state index in [1.165, 1.54) is 4.31 Å². The van der Waals surface area contributed by atoms with Crippen LogP contribution in [0.4, 0.5) is 0 Å². The normalized spacial score (nSPS) is 24.5. The molecule has 0 radical (unpaired) electrons. The zero-order valence-corrected chi connectivity index (χ0v) is 13.2. The maximum atomic E-state index is 12.9. The topological polar surface area (TPSA) is 78.7 Å². The van der Waals surface area contributed by atoms with Crippen molar-refractivity contribution in [3.63, 3.8) is 0 Å². The van der Waals surface area contributed by atoms with Gasteiger partial charge in [0.05, 0.1) is 0 Å². The predicted octanol–water partition coefficient (Wildman–Crippen LogP) is -0.0242. The highest BCUT2D eigenvalue weighted by Crippen LogP contribution is 2.32. The van der Waals surface area contributed by atoms with E-state index < -0.39 is 10.2 Å².